The molecule has 1 aliphatic rings. The molecule has 0 aromatic heterocycles. The highest BCUT2D eigenvalue weighted by atomic mass is 19.4. The summed E-state index contributed by atoms with van der Waals surface area (Å²) in [4.78, 5) is 11.1. The van der Waals surface area contributed by atoms with Crippen LogP contribution in [-0.4, -0.2) is 24.0 Å². The maximum Gasteiger partial charge on any atom is 0.573 e. The number of rotatable bonds is 3. The number of hydrogen-bond donors (Lipinski definition) is 1. The molecule has 1 aromatic carbocycles. The van der Waals surface area contributed by atoms with Crippen LogP contribution >= 0.6 is 0 Å². The van der Waals surface area contributed by atoms with Gasteiger partial charge in [0.05, 0.1) is 6.61 Å². The molecule has 0 saturated carbocycles. The van der Waals surface area contributed by atoms with Crippen molar-refractivity contribution in [3.8, 4) is 5.75 Å². The summed E-state index contributed by atoms with van der Waals surface area (Å²) in [5.41, 5.74) is -1.13. The summed E-state index contributed by atoms with van der Waals surface area (Å²) in [6.07, 6.45) is -4.47. The lowest BCUT2D eigenvalue weighted by Gasteiger charge is -2.38. The lowest BCUT2D eigenvalue weighted by Crippen LogP contribution is -2.47. The van der Waals surface area contributed by atoms with Crippen molar-refractivity contribution >= 4 is 5.97 Å². The van der Waals surface area contributed by atoms with E-state index in [0.717, 1.165) is 12.1 Å². The number of aliphatic carboxylic acids is 1. The third-order valence-electron chi connectivity index (χ3n) is 2.70. The lowest BCUT2D eigenvalue weighted by molar-refractivity contribution is -0.274. The molecule has 1 saturated heterocycles. The van der Waals surface area contributed by atoms with Crippen LogP contribution in [0.2, 0.25) is 0 Å². The Morgan fingerprint density at radius 2 is 1.89 bits per heavy atom. The van der Waals surface area contributed by atoms with Crippen molar-refractivity contribution in [2.24, 2.45) is 0 Å². The molecule has 1 atom stereocenters. The summed E-state index contributed by atoms with van der Waals surface area (Å²) >= 11 is 0. The minimum atomic E-state index is -4.76. The zero-order valence-corrected chi connectivity index (χ0v) is 9.03. The predicted molar refractivity (Wildman–Crippen MR) is 53.0 cm³/mol. The first-order chi connectivity index (χ1) is 8.33. The molecule has 18 heavy (non-hydrogen) atoms. The van der Waals surface area contributed by atoms with Gasteiger partial charge in [0.25, 0.3) is 0 Å². The van der Waals surface area contributed by atoms with E-state index in [9.17, 15) is 18.0 Å². The van der Waals surface area contributed by atoms with Crippen LogP contribution in [0, 0.1) is 0 Å². The first kappa shape index (κ1) is 12.7. The van der Waals surface area contributed by atoms with E-state index in [1.54, 1.807) is 0 Å². The Morgan fingerprint density at radius 3 is 2.22 bits per heavy atom. The van der Waals surface area contributed by atoms with Gasteiger partial charge in [-0.1, -0.05) is 12.1 Å². The molecular weight excluding hydrogens is 253 g/mol. The number of benzene rings is 1. The van der Waals surface area contributed by atoms with Crippen LogP contribution in [0.25, 0.3) is 0 Å². The maximum absolute atomic E-state index is 11.9. The van der Waals surface area contributed by atoms with Crippen molar-refractivity contribution in [2.45, 2.75) is 18.4 Å². The predicted octanol–water partition coefficient (Wildman–Crippen LogP) is 2.29. The number of carboxylic acids is 1. The molecule has 0 radical (unpaired) electrons. The third-order valence-corrected chi connectivity index (χ3v) is 2.70. The van der Waals surface area contributed by atoms with Gasteiger partial charge >= 0.3 is 12.3 Å². The number of ether oxygens (including phenoxy) is 2. The maximum atomic E-state index is 11.9. The van der Waals surface area contributed by atoms with Gasteiger partial charge < -0.3 is 14.6 Å². The van der Waals surface area contributed by atoms with Gasteiger partial charge in [0.1, 0.15) is 5.75 Å². The van der Waals surface area contributed by atoms with Crippen molar-refractivity contribution in [1.82, 2.24) is 0 Å². The van der Waals surface area contributed by atoms with Gasteiger partial charge in [0.15, 0.2) is 5.60 Å². The fraction of sp³-hybridized carbons (Fsp3) is 0.364. The highest BCUT2D eigenvalue weighted by Gasteiger charge is 2.47. The van der Waals surface area contributed by atoms with Gasteiger partial charge in [-0.2, -0.15) is 0 Å². The molecule has 1 N–H and O–H groups in total. The zero-order valence-electron chi connectivity index (χ0n) is 9.03. The van der Waals surface area contributed by atoms with Crippen LogP contribution in [0.15, 0.2) is 24.3 Å². The molecule has 2 rings (SSSR count). The summed E-state index contributed by atoms with van der Waals surface area (Å²) in [5.74, 6) is -1.55. The molecule has 0 bridgehead atoms. The molecule has 1 unspecified atom stereocenters. The minimum Gasteiger partial charge on any atom is -0.479 e. The van der Waals surface area contributed by atoms with Gasteiger partial charge in [-0.15, -0.1) is 13.2 Å². The van der Waals surface area contributed by atoms with Crippen molar-refractivity contribution in [1.29, 1.82) is 0 Å². The molecule has 7 heteroatoms. The van der Waals surface area contributed by atoms with E-state index in [1.165, 1.54) is 12.1 Å². The zero-order chi connectivity index (χ0) is 13.4. The van der Waals surface area contributed by atoms with Crippen molar-refractivity contribution in [2.75, 3.05) is 6.61 Å². The molecule has 1 fully saturated rings. The quantitative estimate of drug-likeness (QED) is 0.908. The standard InChI is InChI=1S/C11H9F3O4/c12-11(13,14)18-8-3-1-7(2-4-8)10(9(15)16)5-6-17-10/h1-4H,5-6H2,(H,15,16). The van der Waals surface area contributed by atoms with Gasteiger partial charge in [0, 0.05) is 6.42 Å². The first-order valence-corrected chi connectivity index (χ1v) is 5.07. The van der Waals surface area contributed by atoms with Crippen LogP contribution in [-0.2, 0) is 15.1 Å². The summed E-state index contributed by atoms with van der Waals surface area (Å²) in [7, 11) is 0. The van der Waals surface area contributed by atoms with Crippen LogP contribution < -0.4 is 4.74 Å². The van der Waals surface area contributed by atoms with Crippen molar-refractivity contribution in [3.63, 3.8) is 0 Å². The monoisotopic (exact) mass is 262 g/mol. The second-order valence-electron chi connectivity index (χ2n) is 3.80. The summed E-state index contributed by atoms with van der Waals surface area (Å²) in [6.45, 7) is 0.313. The largest absolute Gasteiger partial charge is 0.573 e. The van der Waals surface area contributed by atoms with Crippen LogP contribution in [0.4, 0.5) is 13.2 Å². The smallest absolute Gasteiger partial charge is 0.479 e. The molecular formula is C11H9F3O4. The van der Waals surface area contributed by atoms with Crippen molar-refractivity contribution in [3.05, 3.63) is 29.8 Å². The molecule has 1 aliphatic heterocycles. The average molecular weight is 262 g/mol. The first-order valence-electron chi connectivity index (χ1n) is 5.07. The minimum absolute atomic E-state index is 0.293. The Morgan fingerprint density at radius 1 is 1.33 bits per heavy atom. The van der Waals surface area contributed by atoms with E-state index >= 15 is 0 Å². The Labute approximate surface area is 99.9 Å². The summed E-state index contributed by atoms with van der Waals surface area (Å²) < 4.78 is 44.6. The molecule has 98 valence electrons. The Hall–Kier alpha value is -1.76. The number of halogens is 3. The number of carbonyl (C=O) groups is 1. The van der Waals surface area contributed by atoms with Gasteiger partial charge in [-0.05, 0) is 17.7 Å². The third kappa shape index (κ3) is 2.26. The van der Waals surface area contributed by atoms with E-state index in [2.05, 4.69) is 4.74 Å². The summed E-state index contributed by atoms with van der Waals surface area (Å²) in [5, 5.41) is 9.06. The van der Waals surface area contributed by atoms with E-state index in [-0.39, 0.29) is 0 Å². The number of carboxylic acid groups (broad SMARTS) is 1. The van der Waals surface area contributed by atoms with E-state index < -0.39 is 23.7 Å². The second-order valence-corrected chi connectivity index (χ2v) is 3.80. The number of hydrogen-bond acceptors (Lipinski definition) is 3. The summed E-state index contributed by atoms with van der Waals surface area (Å²) in [6, 6.07) is 4.65. The van der Waals surface area contributed by atoms with Crippen LogP contribution in [0.3, 0.4) is 0 Å². The van der Waals surface area contributed by atoms with Gasteiger partial charge in [-0.3, -0.25) is 0 Å². The van der Waals surface area contributed by atoms with Gasteiger partial charge in [-0.25, -0.2) is 4.79 Å². The molecule has 0 spiro atoms. The molecule has 0 amide bonds. The Bertz CT molecular complexity index is 448. The topological polar surface area (TPSA) is 55.8 Å². The Balaban J connectivity index is 2.20. The average Bonchev–Trinajstić information content (AvgIpc) is 2.15. The lowest BCUT2D eigenvalue weighted by atomic mass is 9.86. The van der Waals surface area contributed by atoms with Crippen LogP contribution in [0.5, 0.6) is 5.75 Å². The van der Waals surface area contributed by atoms with Crippen LogP contribution in [0.1, 0.15) is 12.0 Å². The normalized spacial score (nSPS) is 23.3. The fourth-order valence-corrected chi connectivity index (χ4v) is 1.75. The molecule has 1 heterocycles. The van der Waals surface area contributed by atoms with E-state index in [0.29, 0.717) is 18.6 Å². The number of alkyl halides is 3. The molecule has 4 nitrogen and oxygen atoms in total. The Kier molecular flexibility index (Phi) is 2.94. The van der Waals surface area contributed by atoms with E-state index in [4.69, 9.17) is 9.84 Å². The van der Waals surface area contributed by atoms with Crippen molar-refractivity contribution < 1.29 is 32.5 Å². The molecule has 1 aromatic rings. The highest BCUT2D eigenvalue weighted by molar-refractivity contribution is 5.80. The van der Waals surface area contributed by atoms with Gasteiger partial charge in [0.2, 0.25) is 0 Å². The second kappa shape index (κ2) is 4.16. The molecule has 0 aliphatic carbocycles. The van der Waals surface area contributed by atoms with E-state index in [1.807, 2.05) is 0 Å². The SMILES string of the molecule is O=C(O)C1(c2ccc(OC(F)(F)F)cc2)CCO1. The highest BCUT2D eigenvalue weighted by Crippen LogP contribution is 2.38. The fourth-order valence-electron chi connectivity index (χ4n) is 1.75.